The Morgan fingerprint density at radius 3 is 2.20 bits per heavy atom. The summed E-state index contributed by atoms with van der Waals surface area (Å²) in [6.07, 6.45) is -9.97. The number of hydrogen-bond donors (Lipinski definition) is 1. The van der Waals surface area contributed by atoms with Crippen molar-refractivity contribution in [2.45, 2.75) is 25.5 Å². The minimum Gasteiger partial charge on any atom is -0.489 e. The zero-order chi connectivity index (χ0) is 25.4. The van der Waals surface area contributed by atoms with Gasteiger partial charge in [0.05, 0.1) is 11.1 Å². The first-order valence-electron chi connectivity index (χ1n) is 10.3. The average Bonchev–Trinajstić information content (AvgIpc) is 3.15. The van der Waals surface area contributed by atoms with Gasteiger partial charge < -0.3 is 15.0 Å². The van der Waals surface area contributed by atoms with Crippen LogP contribution in [0.25, 0.3) is 10.9 Å². The molecule has 0 spiro atoms. The normalized spacial score (nSPS) is 12.2. The molecule has 2 N–H and O–H groups in total. The number of fused-ring (bicyclic) bond motifs is 1. The van der Waals surface area contributed by atoms with Gasteiger partial charge in [-0.3, -0.25) is 4.79 Å². The second-order valence-corrected chi connectivity index (χ2v) is 7.84. The molecule has 4 rings (SSSR count). The van der Waals surface area contributed by atoms with E-state index in [-0.39, 0.29) is 18.4 Å². The second kappa shape index (κ2) is 9.01. The summed E-state index contributed by atoms with van der Waals surface area (Å²) in [6, 6.07) is 16.9. The van der Waals surface area contributed by atoms with Crippen molar-refractivity contribution in [1.29, 1.82) is 0 Å². The Morgan fingerprint density at radius 1 is 0.857 bits per heavy atom. The van der Waals surface area contributed by atoms with Crippen LogP contribution < -0.4 is 10.5 Å². The third-order valence-corrected chi connectivity index (χ3v) is 5.44. The number of nitrogens with two attached hydrogens (primary N) is 1. The predicted molar refractivity (Wildman–Crippen MR) is 117 cm³/mol. The number of benzene rings is 3. The lowest BCUT2D eigenvalue weighted by atomic mass is 10.0. The third kappa shape index (κ3) is 5.26. The SMILES string of the molecule is NC(=O)c1cc2cc(OCc3ccccc3)ccc2n1Cc1ccc(C(F)(F)F)cc1C(F)(F)F. The van der Waals surface area contributed by atoms with E-state index < -0.39 is 41.5 Å². The topological polar surface area (TPSA) is 57.3 Å². The summed E-state index contributed by atoms with van der Waals surface area (Å²) in [5.41, 5.74) is 3.37. The standard InChI is InChI=1S/C25H18F6N2O2/c26-24(27,28)18-7-6-16(20(12-18)25(29,30)31)13-33-21-9-8-19(10-17(21)11-22(33)23(32)34)35-14-15-4-2-1-3-5-15/h1-12H,13-14H2,(H2,32,34). The van der Waals surface area contributed by atoms with Crippen molar-refractivity contribution < 1.29 is 35.9 Å². The number of primary amides is 1. The fourth-order valence-electron chi connectivity index (χ4n) is 3.78. The summed E-state index contributed by atoms with van der Waals surface area (Å²) in [5.74, 6) is -0.437. The van der Waals surface area contributed by atoms with E-state index >= 15 is 0 Å². The van der Waals surface area contributed by atoms with E-state index in [0.29, 0.717) is 22.7 Å². The highest BCUT2D eigenvalue weighted by atomic mass is 19.4. The van der Waals surface area contributed by atoms with Crippen molar-refractivity contribution in [3.8, 4) is 5.75 Å². The van der Waals surface area contributed by atoms with Gasteiger partial charge in [-0.05, 0) is 47.5 Å². The molecule has 182 valence electrons. The Balaban J connectivity index is 1.72. The van der Waals surface area contributed by atoms with Gasteiger partial charge in [0.1, 0.15) is 18.1 Å². The first-order valence-corrected chi connectivity index (χ1v) is 10.3. The molecule has 0 saturated heterocycles. The smallest absolute Gasteiger partial charge is 0.416 e. The van der Waals surface area contributed by atoms with Crippen LogP contribution in [-0.2, 0) is 25.5 Å². The number of carbonyl (C=O) groups excluding carboxylic acids is 1. The number of nitrogens with zero attached hydrogens (tertiary/aromatic N) is 1. The summed E-state index contributed by atoms with van der Waals surface area (Å²) >= 11 is 0. The Hall–Kier alpha value is -3.95. The monoisotopic (exact) mass is 492 g/mol. The van der Waals surface area contributed by atoms with Gasteiger partial charge in [0.15, 0.2) is 0 Å². The second-order valence-electron chi connectivity index (χ2n) is 7.84. The molecule has 0 fully saturated rings. The van der Waals surface area contributed by atoms with E-state index in [1.165, 1.54) is 10.6 Å². The summed E-state index contributed by atoms with van der Waals surface area (Å²) in [7, 11) is 0. The van der Waals surface area contributed by atoms with E-state index in [2.05, 4.69) is 0 Å². The van der Waals surface area contributed by atoms with Gasteiger partial charge in [-0.1, -0.05) is 36.4 Å². The fraction of sp³-hybridized carbons (Fsp3) is 0.160. The molecule has 10 heteroatoms. The Kier molecular flexibility index (Phi) is 6.23. The van der Waals surface area contributed by atoms with Crippen LogP contribution >= 0.6 is 0 Å². The fourth-order valence-corrected chi connectivity index (χ4v) is 3.78. The van der Waals surface area contributed by atoms with Crippen molar-refractivity contribution in [2.75, 3.05) is 0 Å². The van der Waals surface area contributed by atoms with Gasteiger partial charge in [-0.25, -0.2) is 0 Å². The van der Waals surface area contributed by atoms with Crippen molar-refractivity contribution in [3.05, 3.63) is 101 Å². The van der Waals surface area contributed by atoms with Crippen molar-refractivity contribution in [2.24, 2.45) is 5.73 Å². The van der Waals surface area contributed by atoms with Crippen LogP contribution in [0.3, 0.4) is 0 Å². The number of rotatable bonds is 6. The molecule has 0 bridgehead atoms. The Labute approximate surface area is 195 Å². The largest absolute Gasteiger partial charge is 0.489 e. The molecule has 1 amide bonds. The molecular weight excluding hydrogens is 474 g/mol. The maximum atomic E-state index is 13.6. The number of amides is 1. The molecule has 0 atom stereocenters. The van der Waals surface area contributed by atoms with E-state index in [1.807, 2.05) is 30.3 Å². The quantitative estimate of drug-likeness (QED) is 0.317. The van der Waals surface area contributed by atoms with Crippen LogP contribution in [0.2, 0.25) is 0 Å². The van der Waals surface area contributed by atoms with Gasteiger partial charge in [-0.15, -0.1) is 0 Å². The van der Waals surface area contributed by atoms with Gasteiger partial charge in [0.2, 0.25) is 0 Å². The molecule has 0 aliphatic carbocycles. The van der Waals surface area contributed by atoms with Crippen LogP contribution in [0, 0.1) is 0 Å². The molecule has 3 aromatic carbocycles. The minimum atomic E-state index is -5.04. The van der Waals surface area contributed by atoms with Crippen LogP contribution in [0.4, 0.5) is 26.3 Å². The van der Waals surface area contributed by atoms with E-state index in [0.717, 1.165) is 11.6 Å². The molecule has 35 heavy (non-hydrogen) atoms. The van der Waals surface area contributed by atoms with Crippen LogP contribution in [0.5, 0.6) is 5.75 Å². The molecule has 1 aromatic heterocycles. The Bertz CT molecular complexity index is 1370. The predicted octanol–water partition coefficient (Wildman–Crippen LogP) is 6.41. The molecule has 4 aromatic rings. The molecule has 0 radical (unpaired) electrons. The highest BCUT2D eigenvalue weighted by Gasteiger charge is 2.38. The van der Waals surface area contributed by atoms with Crippen LogP contribution in [0.1, 0.15) is 32.7 Å². The zero-order valence-electron chi connectivity index (χ0n) is 18.0. The summed E-state index contributed by atoms with van der Waals surface area (Å²) in [5, 5.41) is 0.477. The van der Waals surface area contributed by atoms with Gasteiger partial charge in [0.25, 0.3) is 5.91 Å². The molecule has 4 nitrogen and oxygen atoms in total. The number of halogens is 6. The van der Waals surface area contributed by atoms with Gasteiger partial charge in [0, 0.05) is 17.4 Å². The third-order valence-electron chi connectivity index (χ3n) is 5.44. The van der Waals surface area contributed by atoms with Crippen LogP contribution in [0.15, 0.2) is 72.8 Å². The summed E-state index contributed by atoms with van der Waals surface area (Å²) < 4.78 is 86.9. The highest BCUT2D eigenvalue weighted by Crippen LogP contribution is 2.38. The Morgan fingerprint density at radius 2 is 1.57 bits per heavy atom. The first-order chi connectivity index (χ1) is 16.4. The van der Waals surface area contributed by atoms with Crippen molar-refractivity contribution in [3.63, 3.8) is 0 Å². The molecule has 0 aliphatic rings. The zero-order valence-corrected chi connectivity index (χ0v) is 18.0. The molecule has 1 heterocycles. The van der Waals surface area contributed by atoms with E-state index in [9.17, 15) is 31.1 Å². The number of aromatic nitrogens is 1. The number of hydrogen-bond acceptors (Lipinski definition) is 2. The highest BCUT2D eigenvalue weighted by molar-refractivity contribution is 5.98. The number of ether oxygens (including phenoxy) is 1. The maximum Gasteiger partial charge on any atom is 0.416 e. The molecule has 0 saturated carbocycles. The van der Waals surface area contributed by atoms with Gasteiger partial charge >= 0.3 is 12.4 Å². The number of carbonyl (C=O) groups is 1. The summed E-state index contributed by atoms with van der Waals surface area (Å²) in [6.45, 7) is -0.241. The van der Waals surface area contributed by atoms with Crippen molar-refractivity contribution >= 4 is 16.8 Å². The minimum absolute atomic E-state index is 0.0699. The first kappa shape index (κ1) is 24.2. The molecule has 0 aliphatic heterocycles. The molecular formula is C25H18F6N2O2. The van der Waals surface area contributed by atoms with Crippen LogP contribution in [-0.4, -0.2) is 10.5 Å². The lowest BCUT2D eigenvalue weighted by Gasteiger charge is -2.17. The number of alkyl halides is 6. The summed E-state index contributed by atoms with van der Waals surface area (Å²) in [4.78, 5) is 12.0. The maximum absolute atomic E-state index is 13.6. The molecule has 0 unspecified atom stereocenters. The van der Waals surface area contributed by atoms with Gasteiger partial charge in [-0.2, -0.15) is 26.3 Å². The lowest BCUT2D eigenvalue weighted by Crippen LogP contribution is -2.19. The van der Waals surface area contributed by atoms with E-state index in [1.54, 1.807) is 18.2 Å². The van der Waals surface area contributed by atoms with Crippen molar-refractivity contribution in [1.82, 2.24) is 4.57 Å². The average molecular weight is 492 g/mol. The van der Waals surface area contributed by atoms with E-state index in [4.69, 9.17) is 10.5 Å². The lowest BCUT2D eigenvalue weighted by molar-refractivity contribution is -0.143.